The van der Waals surface area contributed by atoms with Crippen LogP contribution in [0.1, 0.15) is 31.2 Å². The van der Waals surface area contributed by atoms with Crippen LogP contribution < -0.4 is 5.69 Å². The second-order valence-electron chi connectivity index (χ2n) is 4.33. The van der Waals surface area contributed by atoms with Crippen molar-refractivity contribution in [2.75, 3.05) is 5.75 Å². The van der Waals surface area contributed by atoms with Crippen LogP contribution in [0.15, 0.2) is 9.27 Å². The first-order chi connectivity index (χ1) is 8.01. The van der Waals surface area contributed by atoms with E-state index < -0.39 is 0 Å². The van der Waals surface area contributed by atoms with Crippen LogP contribution in [0.3, 0.4) is 0 Å². The molecule has 0 saturated heterocycles. The first-order valence-electron chi connectivity index (χ1n) is 5.85. The molecule has 0 aliphatic rings. The highest BCUT2D eigenvalue weighted by atomic mass is 79.9. The van der Waals surface area contributed by atoms with E-state index in [-0.39, 0.29) is 5.69 Å². The highest BCUT2D eigenvalue weighted by Gasteiger charge is 2.13. The van der Waals surface area contributed by atoms with Gasteiger partial charge in [0, 0.05) is 12.2 Å². The summed E-state index contributed by atoms with van der Waals surface area (Å²) in [6, 6.07) is 0. The van der Waals surface area contributed by atoms with Crippen LogP contribution in [-0.4, -0.2) is 15.3 Å². The number of nitrogens with zero attached hydrogens (tertiary/aromatic N) is 2. The molecule has 0 amide bonds. The van der Waals surface area contributed by atoms with Crippen molar-refractivity contribution >= 4 is 28.6 Å². The molecule has 0 bridgehead atoms. The lowest BCUT2D eigenvalue weighted by molar-refractivity contribution is 0.434. The van der Waals surface area contributed by atoms with Gasteiger partial charge in [-0.25, -0.2) is 4.79 Å². The number of aromatic nitrogens is 2. The van der Waals surface area contributed by atoms with E-state index in [1.165, 1.54) is 0 Å². The summed E-state index contributed by atoms with van der Waals surface area (Å²) < 4.78 is 2.67. The minimum absolute atomic E-state index is 0.161. The lowest BCUT2D eigenvalue weighted by atomic mass is 10.1. The van der Waals surface area contributed by atoms with E-state index in [0.717, 1.165) is 34.5 Å². The van der Waals surface area contributed by atoms with Crippen molar-refractivity contribution in [2.45, 2.75) is 40.2 Å². The monoisotopic (exact) mass is 318 g/mol. The summed E-state index contributed by atoms with van der Waals surface area (Å²) in [6.07, 6.45) is 2.19. The van der Waals surface area contributed by atoms with E-state index >= 15 is 0 Å². The minimum Gasteiger partial charge on any atom is -0.295 e. The van der Waals surface area contributed by atoms with E-state index in [0.29, 0.717) is 12.5 Å². The third-order valence-electron chi connectivity index (χ3n) is 2.93. The Labute approximate surface area is 116 Å². The molecule has 1 aromatic heterocycles. The summed E-state index contributed by atoms with van der Waals surface area (Å²) in [5.41, 5.74) is 1.54. The van der Waals surface area contributed by atoms with Gasteiger partial charge in [-0.15, -0.1) is 0 Å². The summed E-state index contributed by atoms with van der Waals surface area (Å²) in [4.78, 5) is 15.9. The first-order valence-corrected chi connectivity index (χ1v) is 7.28. The SMILES string of the molecule is CCCC(CS)Cn1c(C)c(Br)c(C)nc1=O. The van der Waals surface area contributed by atoms with Crippen molar-refractivity contribution in [1.29, 1.82) is 0 Å². The quantitative estimate of drug-likeness (QED) is 0.847. The standard InChI is InChI=1S/C12H19BrN2OS/c1-4-5-10(7-17)6-15-9(3)11(13)8(2)14-12(15)16/h10,17H,4-7H2,1-3H3. The van der Waals surface area contributed by atoms with E-state index in [9.17, 15) is 4.79 Å². The molecule has 1 atom stereocenters. The molecule has 1 rings (SSSR count). The van der Waals surface area contributed by atoms with E-state index in [4.69, 9.17) is 0 Å². The van der Waals surface area contributed by atoms with Crippen molar-refractivity contribution < 1.29 is 0 Å². The number of hydrogen-bond acceptors (Lipinski definition) is 3. The molecule has 5 heteroatoms. The molecule has 0 radical (unpaired) electrons. The molecule has 0 spiro atoms. The van der Waals surface area contributed by atoms with E-state index in [2.05, 4.69) is 40.5 Å². The molecular weight excluding hydrogens is 300 g/mol. The number of rotatable bonds is 5. The van der Waals surface area contributed by atoms with Crippen molar-refractivity contribution in [3.8, 4) is 0 Å². The number of aryl methyl sites for hydroxylation is 1. The maximum absolute atomic E-state index is 11.9. The summed E-state index contributed by atoms with van der Waals surface area (Å²) in [6.45, 7) is 6.63. The van der Waals surface area contributed by atoms with E-state index in [1.807, 2.05) is 13.8 Å². The van der Waals surface area contributed by atoms with Crippen LogP contribution in [0.25, 0.3) is 0 Å². The van der Waals surface area contributed by atoms with Gasteiger partial charge in [-0.2, -0.15) is 17.6 Å². The zero-order chi connectivity index (χ0) is 13.0. The maximum atomic E-state index is 11.9. The summed E-state index contributed by atoms with van der Waals surface area (Å²) in [5.74, 6) is 1.22. The van der Waals surface area contributed by atoms with Gasteiger partial charge >= 0.3 is 5.69 Å². The molecular formula is C12H19BrN2OS. The molecule has 0 N–H and O–H groups in total. The minimum atomic E-state index is -0.161. The molecule has 1 unspecified atom stereocenters. The average molecular weight is 319 g/mol. The van der Waals surface area contributed by atoms with Crippen LogP contribution in [0.5, 0.6) is 0 Å². The average Bonchev–Trinajstić information content (AvgIpc) is 2.30. The second kappa shape index (κ2) is 6.59. The molecule has 1 aromatic rings. The molecule has 0 saturated carbocycles. The summed E-state index contributed by atoms with van der Waals surface area (Å²) >= 11 is 7.82. The molecule has 0 fully saturated rings. The van der Waals surface area contributed by atoms with Crippen molar-refractivity contribution in [2.24, 2.45) is 5.92 Å². The van der Waals surface area contributed by atoms with Gasteiger partial charge in [0.05, 0.1) is 10.2 Å². The summed E-state index contributed by atoms with van der Waals surface area (Å²) in [5, 5.41) is 0. The second-order valence-corrected chi connectivity index (χ2v) is 5.49. The Balaban J connectivity index is 3.06. The van der Waals surface area contributed by atoms with Gasteiger partial charge in [-0.05, 0) is 47.9 Å². The van der Waals surface area contributed by atoms with Gasteiger partial charge in [-0.1, -0.05) is 13.3 Å². The fourth-order valence-electron chi connectivity index (χ4n) is 1.90. The molecule has 17 heavy (non-hydrogen) atoms. The van der Waals surface area contributed by atoms with Crippen molar-refractivity contribution in [3.05, 3.63) is 26.3 Å². The lowest BCUT2D eigenvalue weighted by Crippen LogP contribution is -2.29. The number of halogens is 1. The molecule has 96 valence electrons. The van der Waals surface area contributed by atoms with Crippen LogP contribution in [0.2, 0.25) is 0 Å². The molecule has 3 nitrogen and oxygen atoms in total. The molecule has 0 aliphatic heterocycles. The van der Waals surface area contributed by atoms with Crippen LogP contribution in [0.4, 0.5) is 0 Å². The molecule has 1 heterocycles. The zero-order valence-electron chi connectivity index (χ0n) is 10.5. The Morgan fingerprint density at radius 1 is 1.47 bits per heavy atom. The third-order valence-corrected chi connectivity index (χ3v) is 4.59. The highest BCUT2D eigenvalue weighted by Crippen LogP contribution is 2.18. The fourth-order valence-corrected chi connectivity index (χ4v) is 2.50. The first kappa shape index (κ1) is 14.8. The van der Waals surface area contributed by atoms with Crippen molar-refractivity contribution in [1.82, 2.24) is 9.55 Å². The normalized spacial score (nSPS) is 12.8. The molecule has 0 aliphatic carbocycles. The Morgan fingerprint density at radius 3 is 2.65 bits per heavy atom. The van der Waals surface area contributed by atoms with Crippen molar-refractivity contribution in [3.63, 3.8) is 0 Å². The summed E-state index contributed by atoms with van der Waals surface area (Å²) in [7, 11) is 0. The van der Waals surface area contributed by atoms with Crippen LogP contribution >= 0.6 is 28.6 Å². The fraction of sp³-hybridized carbons (Fsp3) is 0.667. The third kappa shape index (κ3) is 3.58. The van der Waals surface area contributed by atoms with Gasteiger partial charge in [0.15, 0.2) is 0 Å². The van der Waals surface area contributed by atoms with E-state index in [1.54, 1.807) is 4.57 Å². The predicted octanol–water partition coefficient (Wildman–Crippen LogP) is 2.97. The van der Waals surface area contributed by atoms with Crippen LogP contribution in [0, 0.1) is 19.8 Å². The van der Waals surface area contributed by atoms with Gasteiger partial charge in [0.2, 0.25) is 0 Å². The molecule has 0 aromatic carbocycles. The predicted molar refractivity (Wildman–Crippen MR) is 77.9 cm³/mol. The van der Waals surface area contributed by atoms with Gasteiger partial charge in [0.25, 0.3) is 0 Å². The topological polar surface area (TPSA) is 34.9 Å². The Hall–Kier alpha value is -0.290. The van der Waals surface area contributed by atoms with Crippen LogP contribution in [-0.2, 0) is 6.54 Å². The number of hydrogen-bond donors (Lipinski definition) is 1. The van der Waals surface area contributed by atoms with Gasteiger partial charge in [0.1, 0.15) is 0 Å². The van der Waals surface area contributed by atoms with Gasteiger partial charge in [-0.3, -0.25) is 4.57 Å². The smallest absolute Gasteiger partial charge is 0.295 e. The Morgan fingerprint density at radius 2 is 2.12 bits per heavy atom. The Bertz CT molecular complexity index is 445. The number of thiol groups is 1. The maximum Gasteiger partial charge on any atom is 0.348 e. The zero-order valence-corrected chi connectivity index (χ0v) is 13.0. The largest absolute Gasteiger partial charge is 0.348 e. The Kier molecular flexibility index (Phi) is 5.73. The lowest BCUT2D eigenvalue weighted by Gasteiger charge is -2.18. The highest BCUT2D eigenvalue weighted by molar-refractivity contribution is 9.10. The van der Waals surface area contributed by atoms with Gasteiger partial charge < -0.3 is 0 Å².